The maximum absolute atomic E-state index is 11.9. The van der Waals surface area contributed by atoms with E-state index in [1.165, 1.54) is 0 Å². The largest absolute Gasteiger partial charge is 0.506 e. The van der Waals surface area contributed by atoms with Crippen LogP contribution in [0.2, 0.25) is 0 Å². The lowest BCUT2D eigenvalue weighted by atomic mass is 10.1. The summed E-state index contributed by atoms with van der Waals surface area (Å²) in [6, 6.07) is 3.13. The Morgan fingerprint density at radius 2 is 2.12 bits per heavy atom. The average Bonchev–Trinajstić information content (AvgIpc) is 2.30. The van der Waals surface area contributed by atoms with Crippen molar-refractivity contribution in [3.05, 3.63) is 24.8 Å². The molecule has 1 atom stereocenters. The van der Waals surface area contributed by atoms with Crippen molar-refractivity contribution in [2.24, 2.45) is 0 Å². The number of hydrogen-bond acceptors (Lipinski definition) is 3. The molecule has 3 N–H and O–H groups in total. The van der Waals surface area contributed by atoms with Crippen molar-refractivity contribution in [2.45, 2.75) is 19.4 Å². The van der Waals surface area contributed by atoms with E-state index in [4.69, 9.17) is 5.11 Å². The second kappa shape index (κ2) is 6.74. The lowest BCUT2D eigenvalue weighted by Crippen LogP contribution is -2.37. The van der Waals surface area contributed by atoms with Gasteiger partial charge in [-0.3, -0.25) is 4.79 Å². The summed E-state index contributed by atoms with van der Waals surface area (Å²) >= 11 is 4.07. The van der Waals surface area contributed by atoms with Crippen LogP contribution < -0.4 is 5.32 Å². The highest BCUT2D eigenvalue weighted by atomic mass is 127. The highest BCUT2D eigenvalue weighted by Crippen LogP contribution is 2.26. The van der Waals surface area contributed by atoms with E-state index in [1.807, 2.05) is 29.5 Å². The third-order valence-corrected chi connectivity index (χ3v) is 3.77. The zero-order chi connectivity index (χ0) is 13.0. The van der Waals surface area contributed by atoms with E-state index in [2.05, 4.69) is 27.9 Å². The first-order valence-corrected chi connectivity index (χ1v) is 7.25. The summed E-state index contributed by atoms with van der Waals surface area (Å²) in [5.74, 6) is -0.379. The molecule has 17 heavy (non-hydrogen) atoms. The predicted molar refractivity (Wildman–Crippen MR) is 82.2 cm³/mol. The summed E-state index contributed by atoms with van der Waals surface area (Å²) in [6.07, 6.45) is 0.643. The third kappa shape index (κ3) is 3.95. The van der Waals surface area contributed by atoms with E-state index < -0.39 is 0 Å². The molecule has 1 amide bonds. The van der Waals surface area contributed by atoms with Crippen LogP contribution in [0.3, 0.4) is 0 Å². The van der Waals surface area contributed by atoms with Gasteiger partial charge in [-0.2, -0.15) is 0 Å². The van der Waals surface area contributed by atoms with E-state index in [0.717, 1.165) is 3.57 Å². The molecule has 0 radical (unpaired) electrons. The normalized spacial score (nSPS) is 12.2. The zero-order valence-corrected chi connectivity index (χ0v) is 13.5. The lowest BCUT2D eigenvalue weighted by Gasteiger charge is -2.15. The summed E-state index contributed by atoms with van der Waals surface area (Å²) in [6.45, 7) is 1.77. The molecular weight excluding hydrogens is 448 g/mol. The Labute approximate surface area is 127 Å². The fourth-order valence-corrected chi connectivity index (χ4v) is 3.12. The van der Waals surface area contributed by atoms with Crippen molar-refractivity contribution < 1.29 is 15.0 Å². The molecule has 0 aliphatic carbocycles. The van der Waals surface area contributed by atoms with E-state index in [1.54, 1.807) is 12.1 Å². The van der Waals surface area contributed by atoms with E-state index in [9.17, 15) is 9.90 Å². The number of aliphatic hydroxyl groups excluding tert-OH is 1. The minimum Gasteiger partial charge on any atom is -0.506 e. The summed E-state index contributed by atoms with van der Waals surface area (Å²) < 4.78 is 1.52. The second-order valence-electron chi connectivity index (χ2n) is 3.54. The molecule has 4 nitrogen and oxygen atoms in total. The molecule has 94 valence electrons. The number of hydrogen-bond donors (Lipinski definition) is 3. The van der Waals surface area contributed by atoms with Crippen LogP contribution in [0.4, 0.5) is 0 Å². The highest BCUT2D eigenvalue weighted by Gasteiger charge is 2.17. The number of aliphatic hydroxyl groups is 1. The molecule has 0 saturated carbocycles. The highest BCUT2D eigenvalue weighted by molar-refractivity contribution is 14.1. The molecule has 0 saturated heterocycles. The van der Waals surface area contributed by atoms with Crippen LogP contribution in [-0.4, -0.2) is 28.8 Å². The van der Waals surface area contributed by atoms with Crippen LogP contribution in [0, 0.1) is 7.14 Å². The van der Waals surface area contributed by atoms with Gasteiger partial charge in [-0.05, 0) is 63.7 Å². The zero-order valence-electron chi connectivity index (χ0n) is 9.20. The van der Waals surface area contributed by atoms with Gasteiger partial charge in [-0.15, -0.1) is 0 Å². The molecule has 0 aliphatic rings. The maximum atomic E-state index is 11.9. The van der Waals surface area contributed by atoms with Gasteiger partial charge in [0.05, 0.1) is 21.8 Å². The standard InChI is InChI=1S/C11H13I2NO3/c1-2-7(5-15)14-11(17)8-3-6(12)4-9(13)10(8)16/h3-4,7,15-16H,2,5H2,1H3,(H,14,17)/t7-/m1/s1. The molecule has 0 heterocycles. The topological polar surface area (TPSA) is 69.6 Å². The molecule has 0 aromatic heterocycles. The van der Waals surface area contributed by atoms with Crippen LogP contribution >= 0.6 is 45.2 Å². The van der Waals surface area contributed by atoms with Gasteiger partial charge in [0.2, 0.25) is 0 Å². The van der Waals surface area contributed by atoms with Crippen molar-refractivity contribution in [1.29, 1.82) is 0 Å². The number of rotatable bonds is 4. The summed E-state index contributed by atoms with van der Waals surface area (Å²) in [5, 5.41) is 21.5. The number of aromatic hydroxyl groups is 1. The molecule has 1 rings (SSSR count). The van der Waals surface area contributed by atoms with Crippen LogP contribution in [0.1, 0.15) is 23.7 Å². The molecule has 0 aliphatic heterocycles. The first kappa shape index (κ1) is 15.0. The lowest BCUT2D eigenvalue weighted by molar-refractivity contribution is 0.0912. The number of phenolic OH excluding ortho intramolecular Hbond substituents is 1. The molecule has 0 unspecified atom stereocenters. The summed E-state index contributed by atoms with van der Waals surface area (Å²) in [4.78, 5) is 11.9. The SMILES string of the molecule is CC[C@H](CO)NC(=O)c1cc(I)cc(I)c1O. The first-order chi connectivity index (χ1) is 7.99. The Bertz CT molecular complexity index is 419. The minimum atomic E-state index is -0.361. The number of carbonyl (C=O) groups excluding carboxylic acids is 1. The number of phenols is 1. The molecule has 0 fully saturated rings. The third-order valence-electron chi connectivity index (χ3n) is 2.32. The molecule has 0 spiro atoms. The van der Waals surface area contributed by atoms with Crippen molar-refractivity contribution in [2.75, 3.05) is 6.61 Å². The van der Waals surface area contributed by atoms with Gasteiger partial charge in [0.1, 0.15) is 5.75 Å². The number of carbonyl (C=O) groups is 1. The Morgan fingerprint density at radius 3 is 2.65 bits per heavy atom. The minimum absolute atomic E-state index is 0.0173. The Hall–Kier alpha value is -0.0900. The smallest absolute Gasteiger partial charge is 0.255 e. The van der Waals surface area contributed by atoms with Crippen molar-refractivity contribution >= 4 is 51.1 Å². The van der Waals surface area contributed by atoms with Crippen molar-refractivity contribution in [1.82, 2.24) is 5.32 Å². The number of nitrogens with one attached hydrogen (secondary N) is 1. The van der Waals surface area contributed by atoms with Gasteiger partial charge in [0.25, 0.3) is 5.91 Å². The van der Waals surface area contributed by atoms with Crippen LogP contribution in [-0.2, 0) is 0 Å². The Kier molecular flexibility index (Phi) is 5.93. The van der Waals surface area contributed by atoms with Gasteiger partial charge in [-0.1, -0.05) is 6.92 Å². The summed E-state index contributed by atoms with van der Waals surface area (Å²) in [5.41, 5.74) is 0.244. The summed E-state index contributed by atoms with van der Waals surface area (Å²) in [7, 11) is 0. The predicted octanol–water partition coefficient (Wildman–Crippen LogP) is 2.10. The molecule has 1 aromatic rings. The van der Waals surface area contributed by atoms with Gasteiger partial charge in [0, 0.05) is 3.57 Å². The van der Waals surface area contributed by atoms with Gasteiger partial charge in [0.15, 0.2) is 0 Å². The number of benzene rings is 1. The molecule has 1 aromatic carbocycles. The van der Waals surface area contributed by atoms with Crippen LogP contribution in [0.5, 0.6) is 5.75 Å². The Balaban J connectivity index is 2.96. The fraction of sp³-hybridized carbons (Fsp3) is 0.364. The van der Waals surface area contributed by atoms with E-state index >= 15 is 0 Å². The van der Waals surface area contributed by atoms with Crippen LogP contribution in [0.25, 0.3) is 0 Å². The van der Waals surface area contributed by atoms with Gasteiger partial charge < -0.3 is 15.5 Å². The fourth-order valence-electron chi connectivity index (χ4n) is 1.28. The molecule has 6 heteroatoms. The maximum Gasteiger partial charge on any atom is 0.255 e. The molecule has 0 bridgehead atoms. The van der Waals surface area contributed by atoms with Crippen molar-refractivity contribution in [3.63, 3.8) is 0 Å². The average molecular weight is 461 g/mol. The Morgan fingerprint density at radius 1 is 1.47 bits per heavy atom. The second-order valence-corrected chi connectivity index (χ2v) is 5.95. The van der Waals surface area contributed by atoms with E-state index in [-0.39, 0.29) is 29.9 Å². The first-order valence-electron chi connectivity index (χ1n) is 5.09. The monoisotopic (exact) mass is 461 g/mol. The molecular formula is C11H13I2NO3. The van der Waals surface area contributed by atoms with Gasteiger partial charge >= 0.3 is 0 Å². The number of amides is 1. The van der Waals surface area contributed by atoms with Gasteiger partial charge in [-0.25, -0.2) is 0 Å². The van der Waals surface area contributed by atoms with E-state index in [0.29, 0.717) is 9.99 Å². The van der Waals surface area contributed by atoms with Crippen molar-refractivity contribution in [3.8, 4) is 5.75 Å². The van der Waals surface area contributed by atoms with Crippen LogP contribution in [0.15, 0.2) is 12.1 Å². The number of halogens is 2. The quantitative estimate of drug-likeness (QED) is 0.603.